The molecule has 0 radical (unpaired) electrons. The summed E-state index contributed by atoms with van der Waals surface area (Å²) >= 11 is 0. The van der Waals surface area contributed by atoms with Crippen LogP contribution in [0, 0.1) is 0 Å². The molecule has 4 nitrogen and oxygen atoms in total. The number of hydrogen-bond acceptors (Lipinski definition) is 3. The zero-order valence-electron chi connectivity index (χ0n) is 11.5. The van der Waals surface area contributed by atoms with E-state index < -0.39 is 0 Å². The van der Waals surface area contributed by atoms with Crippen LogP contribution < -0.4 is 22.0 Å². The average Bonchev–Trinajstić information content (AvgIpc) is 2.36. The number of benzene rings is 1. The topological polar surface area (TPSA) is 40.0 Å². The maximum absolute atomic E-state index is 11.4. The molecule has 0 aromatic heterocycles. The number of halogens is 1. The van der Waals surface area contributed by atoms with Crippen LogP contribution in [-0.4, -0.2) is 40.3 Å². The van der Waals surface area contributed by atoms with Crippen LogP contribution in [0.5, 0.6) is 5.75 Å². The lowest BCUT2D eigenvalue weighted by molar-refractivity contribution is -0.858. The van der Waals surface area contributed by atoms with E-state index in [1.165, 1.54) is 11.0 Å². The van der Waals surface area contributed by atoms with Gasteiger partial charge in [0.05, 0.1) is 21.2 Å². The van der Waals surface area contributed by atoms with Gasteiger partial charge in [-0.15, -0.1) is 0 Å². The molecular weight excluding hydrogens is 266 g/mol. The van der Waals surface area contributed by atoms with E-state index in [0.717, 1.165) is 17.9 Å². The van der Waals surface area contributed by atoms with Gasteiger partial charge >= 0.3 is 5.97 Å². The summed E-state index contributed by atoms with van der Waals surface area (Å²) < 4.78 is 10.2. The van der Waals surface area contributed by atoms with Crippen molar-refractivity contribution in [2.45, 2.75) is 0 Å². The maximum Gasteiger partial charge on any atom is 0.330 e. The van der Waals surface area contributed by atoms with E-state index >= 15 is 0 Å². The third kappa shape index (κ3) is 6.84. The van der Waals surface area contributed by atoms with Crippen LogP contribution in [0.15, 0.2) is 30.3 Å². The molecule has 0 unspecified atom stereocenters. The van der Waals surface area contributed by atoms with E-state index in [4.69, 9.17) is 9.47 Å². The normalized spacial score (nSPS) is 10.3. The molecule has 0 saturated heterocycles. The number of likely N-dealkylation sites (N-methyl/N-ethyl adjacent to an activating group) is 1. The summed E-state index contributed by atoms with van der Waals surface area (Å²) in [4.78, 5) is 12.7. The fourth-order valence-electron chi connectivity index (χ4n) is 1.37. The Labute approximate surface area is 120 Å². The molecule has 0 aliphatic rings. The number of esters is 1. The Balaban J connectivity index is 0.00000324. The number of methoxy groups -OCH3 is 1. The van der Waals surface area contributed by atoms with Crippen molar-refractivity contribution < 1.29 is 31.6 Å². The Morgan fingerprint density at radius 1 is 1.32 bits per heavy atom. The number of rotatable bonds is 6. The van der Waals surface area contributed by atoms with Crippen molar-refractivity contribution in [2.75, 3.05) is 34.4 Å². The van der Waals surface area contributed by atoms with Gasteiger partial charge in [-0.25, -0.2) is 4.79 Å². The first-order valence-electron chi connectivity index (χ1n) is 5.90. The predicted molar refractivity (Wildman–Crippen MR) is 70.7 cm³/mol. The summed E-state index contributed by atoms with van der Waals surface area (Å²) in [5.41, 5.74) is 0.857. The standard InChI is InChI=1S/C14H19NO3.ClH/c1-15(2)10-11-18-14(16)9-8-12-6-4-5-7-13(12)17-3;/h4-9H,10-11H2,1-3H3;1H. The first kappa shape index (κ1) is 17.5. The molecule has 0 amide bonds. The predicted octanol–water partition coefficient (Wildman–Crippen LogP) is -2.60. The van der Waals surface area contributed by atoms with Crippen molar-refractivity contribution in [1.29, 1.82) is 0 Å². The van der Waals surface area contributed by atoms with Crippen molar-refractivity contribution in [3.05, 3.63) is 35.9 Å². The first-order chi connectivity index (χ1) is 8.63. The largest absolute Gasteiger partial charge is 1.00 e. The minimum absolute atomic E-state index is 0. The highest BCUT2D eigenvalue weighted by Gasteiger charge is 2.01. The Morgan fingerprint density at radius 3 is 2.63 bits per heavy atom. The van der Waals surface area contributed by atoms with Gasteiger partial charge in [0.15, 0.2) is 0 Å². The molecule has 0 saturated carbocycles. The Bertz CT molecular complexity index is 419. The summed E-state index contributed by atoms with van der Waals surface area (Å²) in [6.45, 7) is 1.23. The van der Waals surface area contributed by atoms with Crippen LogP contribution in [0.1, 0.15) is 5.56 Å². The minimum atomic E-state index is -0.331. The molecule has 0 fully saturated rings. The number of nitrogens with one attached hydrogen (secondary N) is 1. The van der Waals surface area contributed by atoms with E-state index in [9.17, 15) is 4.79 Å². The van der Waals surface area contributed by atoms with Gasteiger partial charge < -0.3 is 26.8 Å². The quantitative estimate of drug-likeness (QED) is 0.460. The SMILES string of the molecule is COc1ccccc1C=CC(=O)OCC[NH+](C)C.[Cl-]. The van der Waals surface area contributed by atoms with E-state index in [1.54, 1.807) is 13.2 Å². The summed E-state index contributed by atoms with van der Waals surface area (Å²) in [6.07, 6.45) is 3.12. The van der Waals surface area contributed by atoms with E-state index in [-0.39, 0.29) is 18.4 Å². The second-order valence-corrected chi connectivity index (χ2v) is 4.20. The number of hydrogen-bond donors (Lipinski definition) is 1. The van der Waals surface area contributed by atoms with Gasteiger partial charge in [-0.05, 0) is 12.1 Å². The second kappa shape index (κ2) is 9.42. The van der Waals surface area contributed by atoms with Crippen LogP contribution in [0.3, 0.4) is 0 Å². The van der Waals surface area contributed by atoms with E-state index in [2.05, 4.69) is 0 Å². The number of quaternary nitrogens is 1. The molecular formula is C14H20ClNO3. The first-order valence-corrected chi connectivity index (χ1v) is 5.90. The highest BCUT2D eigenvalue weighted by Crippen LogP contribution is 2.18. The smallest absolute Gasteiger partial charge is 0.330 e. The fraction of sp³-hybridized carbons (Fsp3) is 0.357. The molecule has 1 aromatic rings. The lowest BCUT2D eigenvalue weighted by atomic mass is 10.2. The second-order valence-electron chi connectivity index (χ2n) is 4.20. The van der Waals surface area contributed by atoms with Gasteiger partial charge in [-0.1, -0.05) is 18.2 Å². The summed E-state index contributed by atoms with van der Waals surface area (Å²) in [7, 11) is 5.63. The number of carbonyl (C=O) groups is 1. The van der Waals surface area contributed by atoms with Crippen molar-refractivity contribution in [3.63, 3.8) is 0 Å². The molecule has 1 aromatic carbocycles. The van der Waals surface area contributed by atoms with E-state index in [1.807, 2.05) is 38.4 Å². The third-order valence-corrected chi connectivity index (χ3v) is 2.38. The fourth-order valence-corrected chi connectivity index (χ4v) is 1.37. The van der Waals surface area contributed by atoms with Crippen LogP contribution >= 0.6 is 0 Å². The van der Waals surface area contributed by atoms with Crippen molar-refractivity contribution in [2.24, 2.45) is 0 Å². The number of ether oxygens (including phenoxy) is 2. The number of carbonyl (C=O) groups excluding carboxylic acids is 1. The van der Waals surface area contributed by atoms with Gasteiger partial charge in [0.2, 0.25) is 0 Å². The number of para-hydroxylation sites is 1. The third-order valence-electron chi connectivity index (χ3n) is 2.38. The van der Waals surface area contributed by atoms with E-state index in [0.29, 0.717) is 6.61 Å². The van der Waals surface area contributed by atoms with Gasteiger partial charge in [0, 0.05) is 11.6 Å². The Hall–Kier alpha value is -1.52. The van der Waals surface area contributed by atoms with Crippen molar-refractivity contribution >= 4 is 12.0 Å². The molecule has 5 heteroatoms. The minimum Gasteiger partial charge on any atom is -1.00 e. The van der Waals surface area contributed by atoms with Crippen molar-refractivity contribution in [3.8, 4) is 5.75 Å². The van der Waals surface area contributed by atoms with Gasteiger partial charge in [-0.3, -0.25) is 0 Å². The molecule has 1 rings (SSSR count). The Morgan fingerprint density at radius 2 is 2.00 bits per heavy atom. The zero-order chi connectivity index (χ0) is 13.4. The summed E-state index contributed by atoms with van der Waals surface area (Å²) in [5.74, 6) is 0.404. The molecule has 0 aliphatic heterocycles. The van der Waals surface area contributed by atoms with Crippen LogP contribution in [0.4, 0.5) is 0 Å². The lowest BCUT2D eigenvalue weighted by Gasteiger charge is -2.06. The highest BCUT2D eigenvalue weighted by molar-refractivity contribution is 5.87. The average molecular weight is 286 g/mol. The van der Waals surface area contributed by atoms with Crippen LogP contribution in [0.2, 0.25) is 0 Å². The monoisotopic (exact) mass is 285 g/mol. The van der Waals surface area contributed by atoms with Crippen LogP contribution in [0.25, 0.3) is 6.08 Å². The molecule has 106 valence electrons. The lowest BCUT2D eigenvalue weighted by Crippen LogP contribution is -3.06. The Kier molecular flexibility index (Phi) is 8.66. The van der Waals surface area contributed by atoms with Crippen LogP contribution in [-0.2, 0) is 9.53 Å². The molecule has 19 heavy (non-hydrogen) atoms. The molecule has 0 bridgehead atoms. The molecule has 1 N–H and O–H groups in total. The summed E-state index contributed by atoms with van der Waals surface area (Å²) in [6, 6.07) is 7.50. The molecule has 0 aliphatic carbocycles. The molecule has 0 heterocycles. The van der Waals surface area contributed by atoms with Gasteiger partial charge in [-0.2, -0.15) is 0 Å². The van der Waals surface area contributed by atoms with Gasteiger partial charge in [0.1, 0.15) is 18.9 Å². The molecule has 0 atom stereocenters. The van der Waals surface area contributed by atoms with Crippen molar-refractivity contribution in [1.82, 2.24) is 0 Å². The molecule has 0 spiro atoms. The van der Waals surface area contributed by atoms with Gasteiger partial charge in [0.25, 0.3) is 0 Å². The summed E-state index contributed by atoms with van der Waals surface area (Å²) in [5, 5.41) is 0. The highest BCUT2D eigenvalue weighted by atomic mass is 35.5. The maximum atomic E-state index is 11.4. The zero-order valence-corrected chi connectivity index (χ0v) is 12.2.